The van der Waals surface area contributed by atoms with Crippen molar-refractivity contribution in [2.75, 3.05) is 25.0 Å². The number of nitrogens with zero attached hydrogens (tertiary/aromatic N) is 2. The van der Waals surface area contributed by atoms with Gasteiger partial charge in [-0.3, -0.25) is 14.5 Å². The summed E-state index contributed by atoms with van der Waals surface area (Å²) in [6, 6.07) is 12.9. The van der Waals surface area contributed by atoms with Gasteiger partial charge in [0.25, 0.3) is 5.91 Å². The van der Waals surface area contributed by atoms with E-state index in [1.165, 1.54) is 16.4 Å². The maximum atomic E-state index is 13.2. The minimum atomic E-state index is -3.65. The molecule has 2 N–H and O–H groups in total. The first-order chi connectivity index (χ1) is 16.3. The molecule has 0 saturated carbocycles. The molecular formula is C24H26N4O5S. The molecule has 2 fully saturated rings. The van der Waals surface area contributed by atoms with Crippen LogP contribution in [0.1, 0.15) is 36.8 Å². The molecule has 2 saturated heterocycles. The van der Waals surface area contributed by atoms with Crippen molar-refractivity contribution in [2.45, 2.75) is 42.5 Å². The zero-order chi connectivity index (χ0) is 23.9. The van der Waals surface area contributed by atoms with Gasteiger partial charge < -0.3 is 10.6 Å². The first-order valence-electron chi connectivity index (χ1n) is 11.4. The van der Waals surface area contributed by atoms with Crippen LogP contribution in [0.15, 0.2) is 53.4 Å². The zero-order valence-corrected chi connectivity index (χ0v) is 19.4. The van der Waals surface area contributed by atoms with Crippen LogP contribution in [0.2, 0.25) is 0 Å². The van der Waals surface area contributed by atoms with Crippen LogP contribution in [0.5, 0.6) is 0 Å². The molecule has 1 aliphatic carbocycles. The summed E-state index contributed by atoms with van der Waals surface area (Å²) >= 11 is 0. The van der Waals surface area contributed by atoms with Crippen molar-refractivity contribution in [1.82, 2.24) is 14.5 Å². The SMILES string of the molecule is O=C(CN1C(=O)NC2(CCc3ccccc32)C1=O)Nc1cccc(S(=O)(=O)N2CCCCC2)c1. The molecule has 1 unspecified atom stereocenters. The van der Waals surface area contributed by atoms with Crippen molar-refractivity contribution in [3.63, 3.8) is 0 Å². The van der Waals surface area contributed by atoms with Gasteiger partial charge >= 0.3 is 6.03 Å². The van der Waals surface area contributed by atoms with Gasteiger partial charge in [0.15, 0.2) is 0 Å². The predicted molar refractivity (Wildman–Crippen MR) is 124 cm³/mol. The van der Waals surface area contributed by atoms with Gasteiger partial charge in [0.1, 0.15) is 12.1 Å². The normalized spacial score (nSPS) is 22.6. The second-order valence-corrected chi connectivity index (χ2v) is 10.9. The van der Waals surface area contributed by atoms with Crippen molar-refractivity contribution < 1.29 is 22.8 Å². The molecule has 9 nitrogen and oxygen atoms in total. The molecule has 2 aromatic carbocycles. The fourth-order valence-corrected chi connectivity index (χ4v) is 6.63. The first kappa shape index (κ1) is 22.5. The van der Waals surface area contributed by atoms with E-state index < -0.39 is 40.0 Å². The fraction of sp³-hybridized carbons (Fsp3) is 0.375. The Hall–Kier alpha value is -3.24. The second-order valence-electron chi connectivity index (χ2n) is 8.92. The lowest BCUT2D eigenvalue weighted by atomic mass is 9.92. The largest absolute Gasteiger partial charge is 0.325 e. The van der Waals surface area contributed by atoms with Crippen LogP contribution in [-0.2, 0) is 31.6 Å². The third-order valence-corrected chi connectivity index (χ3v) is 8.69. The molecule has 10 heteroatoms. The van der Waals surface area contributed by atoms with Crippen LogP contribution in [0, 0.1) is 0 Å². The highest BCUT2D eigenvalue weighted by atomic mass is 32.2. The van der Waals surface area contributed by atoms with Gasteiger partial charge in [-0.15, -0.1) is 0 Å². The van der Waals surface area contributed by atoms with Gasteiger partial charge in [-0.1, -0.05) is 36.8 Å². The second kappa shape index (κ2) is 8.52. The Balaban J connectivity index is 1.29. The van der Waals surface area contributed by atoms with Gasteiger partial charge in [0.05, 0.1) is 4.90 Å². The van der Waals surface area contributed by atoms with E-state index in [1.54, 1.807) is 12.1 Å². The number of piperidine rings is 1. The summed E-state index contributed by atoms with van der Waals surface area (Å²) in [6.45, 7) is 0.504. The topological polar surface area (TPSA) is 116 Å². The molecule has 0 aromatic heterocycles. The number of amides is 4. The lowest BCUT2D eigenvalue weighted by Gasteiger charge is -2.26. The van der Waals surface area contributed by atoms with E-state index in [2.05, 4.69) is 10.6 Å². The molecule has 178 valence electrons. The molecule has 5 rings (SSSR count). The number of nitrogens with one attached hydrogen (secondary N) is 2. The van der Waals surface area contributed by atoms with E-state index in [0.29, 0.717) is 25.9 Å². The molecule has 0 bridgehead atoms. The first-order valence-corrected chi connectivity index (χ1v) is 12.9. The van der Waals surface area contributed by atoms with Gasteiger partial charge in [0, 0.05) is 18.8 Å². The number of sulfonamides is 1. The van der Waals surface area contributed by atoms with Gasteiger partial charge in [0.2, 0.25) is 15.9 Å². The van der Waals surface area contributed by atoms with Crippen LogP contribution in [-0.4, -0.2) is 55.1 Å². The molecule has 1 atom stereocenters. The van der Waals surface area contributed by atoms with Crippen LogP contribution < -0.4 is 10.6 Å². The molecule has 2 aliphatic heterocycles. The maximum Gasteiger partial charge on any atom is 0.325 e. The number of rotatable bonds is 5. The molecule has 3 aliphatic rings. The molecule has 1 spiro atoms. The van der Waals surface area contributed by atoms with Gasteiger partial charge in [-0.05, 0) is 55.0 Å². The summed E-state index contributed by atoms with van der Waals surface area (Å²) in [5.41, 5.74) is 0.938. The van der Waals surface area contributed by atoms with Crippen molar-refractivity contribution in [1.29, 1.82) is 0 Å². The molecule has 2 heterocycles. The summed E-state index contributed by atoms with van der Waals surface area (Å²) in [4.78, 5) is 39.6. The van der Waals surface area contributed by atoms with Crippen molar-refractivity contribution in [2.24, 2.45) is 0 Å². The number of aryl methyl sites for hydroxylation is 1. The van der Waals surface area contributed by atoms with Crippen LogP contribution >= 0.6 is 0 Å². The van der Waals surface area contributed by atoms with Gasteiger partial charge in [-0.2, -0.15) is 4.31 Å². The highest BCUT2D eigenvalue weighted by Gasteiger charge is 2.55. The standard InChI is InChI=1S/C24H26N4O5S/c29-21(25-18-8-6-9-19(15-18)34(32,33)27-13-4-1-5-14-27)16-28-22(30)24(26-23(28)31)12-11-17-7-2-3-10-20(17)24/h2-3,6-10,15H,1,4-5,11-14,16H2,(H,25,29)(H,26,31). The van der Waals surface area contributed by atoms with Gasteiger partial charge in [-0.25, -0.2) is 13.2 Å². The van der Waals surface area contributed by atoms with E-state index in [0.717, 1.165) is 35.3 Å². The van der Waals surface area contributed by atoms with Crippen LogP contribution in [0.3, 0.4) is 0 Å². The molecule has 4 amide bonds. The molecule has 0 radical (unpaired) electrons. The monoisotopic (exact) mass is 482 g/mol. The number of hydrogen-bond donors (Lipinski definition) is 2. The number of urea groups is 1. The highest BCUT2D eigenvalue weighted by molar-refractivity contribution is 7.89. The average Bonchev–Trinajstić information content (AvgIpc) is 3.33. The Morgan fingerprint density at radius 1 is 1.03 bits per heavy atom. The summed E-state index contributed by atoms with van der Waals surface area (Å²) < 4.78 is 27.3. The van der Waals surface area contributed by atoms with Crippen LogP contribution in [0.4, 0.5) is 10.5 Å². The lowest BCUT2D eigenvalue weighted by molar-refractivity contribution is -0.134. The molecule has 34 heavy (non-hydrogen) atoms. The van der Waals surface area contributed by atoms with E-state index in [9.17, 15) is 22.8 Å². The summed E-state index contributed by atoms with van der Waals surface area (Å²) in [7, 11) is -3.65. The number of carbonyl (C=O) groups is 3. The minimum Gasteiger partial charge on any atom is -0.324 e. The number of imide groups is 1. The Kier molecular flexibility index (Phi) is 5.65. The zero-order valence-electron chi connectivity index (χ0n) is 18.6. The molecule has 2 aromatic rings. The van der Waals surface area contributed by atoms with E-state index in [4.69, 9.17) is 0 Å². The lowest BCUT2D eigenvalue weighted by Crippen LogP contribution is -2.43. The number of fused-ring (bicyclic) bond motifs is 2. The highest BCUT2D eigenvalue weighted by Crippen LogP contribution is 2.41. The Morgan fingerprint density at radius 2 is 1.79 bits per heavy atom. The Bertz CT molecular complexity index is 1270. The summed E-state index contributed by atoms with van der Waals surface area (Å²) in [5, 5.41) is 5.42. The minimum absolute atomic E-state index is 0.101. The maximum absolute atomic E-state index is 13.2. The third-order valence-electron chi connectivity index (χ3n) is 6.79. The Labute approximate surface area is 198 Å². The number of anilines is 1. The summed E-state index contributed by atoms with van der Waals surface area (Å²) in [5.74, 6) is -1.03. The fourth-order valence-electron chi connectivity index (χ4n) is 5.07. The average molecular weight is 483 g/mol. The quantitative estimate of drug-likeness (QED) is 0.634. The van der Waals surface area contributed by atoms with E-state index >= 15 is 0 Å². The number of benzene rings is 2. The van der Waals surface area contributed by atoms with E-state index in [1.807, 2.05) is 24.3 Å². The smallest absolute Gasteiger partial charge is 0.324 e. The number of hydrogen-bond acceptors (Lipinski definition) is 5. The molecular weight excluding hydrogens is 456 g/mol. The van der Waals surface area contributed by atoms with Crippen molar-refractivity contribution in [3.8, 4) is 0 Å². The van der Waals surface area contributed by atoms with Crippen LogP contribution in [0.25, 0.3) is 0 Å². The third kappa shape index (κ3) is 3.76. The number of carbonyl (C=O) groups excluding carboxylic acids is 3. The van der Waals surface area contributed by atoms with Crippen molar-refractivity contribution in [3.05, 3.63) is 59.7 Å². The summed E-state index contributed by atoms with van der Waals surface area (Å²) in [6.07, 6.45) is 3.78. The Morgan fingerprint density at radius 3 is 2.59 bits per heavy atom. The van der Waals surface area contributed by atoms with Crippen molar-refractivity contribution >= 4 is 33.6 Å². The van der Waals surface area contributed by atoms with E-state index in [-0.39, 0.29) is 10.6 Å². The predicted octanol–water partition coefficient (Wildman–Crippen LogP) is 2.19.